The van der Waals surface area contributed by atoms with Gasteiger partial charge in [0.05, 0.1) is 5.01 Å². The van der Waals surface area contributed by atoms with Gasteiger partial charge in [-0.2, -0.15) is 0 Å². The molecule has 0 radical (unpaired) electrons. The highest BCUT2D eigenvalue weighted by atomic mass is 32.1. The molecule has 0 aromatic carbocycles. The Bertz CT molecular complexity index is 411. The molecule has 0 saturated heterocycles. The number of amides is 1. The van der Waals surface area contributed by atoms with E-state index in [1.54, 1.807) is 0 Å². The molecule has 1 amide bonds. The molecule has 0 unspecified atom stereocenters. The third-order valence-corrected chi connectivity index (χ3v) is 4.73. The van der Waals surface area contributed by atoms with Gasteiger partial charge < -0.3 is 10.6 Å². The smallest absolute Gasteiger partial charge is 0.273 e. The van der Waals surface area contributed by atoms with E-state index in [0.717, 1.165) is 24.3 Å². The molecular formula is C14H23N3OS. The molecule has 0 bridgehead atoms. The van der Waals surface area contributed by atoms with E-state index in [9.17, 15) is 4.79 Å². The van der Waals surface area contributed by atoms with Gasteiger partial charge in [-0.25, -0.2) is 4.98 Å². The monoisotopic (exact) mass is 281 g/mol. The van der Waals surface area contributed by atoms with E-state index >= 15 is 0 Å². The third kappa shape index (κ3) is 3.76. The van der Waals surface area contributed by atoms with Crippen LogP contribution in [-0.4, -0.2) is 35.4 Å². The van der Waals surface area contributed by atoms with Crippen molar-refractivity contribution in [3.63, 3.8) is 0 Å². The molecule has 0 spiro atoms. The fraction of sp³-hybridized carbons (Fsp3) is 0.714. The van der Waals surface area contributed by atoms with E-state index in [1.807, 2.05) is 17.3 Å². The third-order valence-electron chi connectivity index (χ3n) is 3.82. The number of aromatic nitrogens is 1. The SMILES string of the molecule is CN(C(=O)c1csc(CCN)n1)C1CCCCCC1. The van der Waals surface area contributed by atoms with Crippen molar-refractivity contribution in [2.45, 2.75) is 51.0 Å². The first-order valence-electron chi connectivity index (χ1n) is 7.14. The average Bonchev–Trinajstić information content (AvgIpc) is 2.72. The Kier molecular flexibility index (Phi) is 5.34. The molecule has 2 N–H and O–H groups in total. The van der Waals surface area contributed by atoms with E-state index in [-0.39, 0.29) is 5.91 Å². The minimum absolute atomic E-state index is 0.0615. The van der Waals surface area contributed by atoms with Crippen LogP contribution < -0.4 is 5.73 Å². The number of rotatable bonds is 4. The van der Waals surface area contributed by atoms with Crippen LogP contribution >= 0.6 is 11.3 Å². The Labute approximate surface area is 119 Å². The summed E-state index contributed by atoms with van der Waals surface area (Å²) in [4.78, 5) is 18.7. The van der Waals surface area contributed by atoms with Gasteiger partial charge in [0.25, 0.3) is 5.91 Å². The summed E-state index contributed by atoms with van der Waals surface area (Å²) in [5, 5.41) is 2.82. The minimum Gasteiger partial charge on any atom is -0.337 e. The van der Waals surface area contributed by atoms with Crippen molar-refractivity contribution in [2.24, 2.45) is 5.73 Å². The zero-order valence-electron chi connectivity index (χ0n) is 11.6. The zero-order valence-corrected chi connectivity index (χ0v) is 12.4. The van der Waals surface area contributed by atoms with Gasteiger partial charge in [0.2, 0.25) is 0 Å². The molecule has 4 nitrogen and oxygen atoms in total. The standard InChI is InChI=1S/C14H23N3OS/c1-17(11-6-4-2-3-5-7-11)14(18)12-10-19-13(16-12)8-9-15/h10-11H,2-9,15H2,1H3. The lowest BCUT2D eigenvalue weighted by molar-refractivity contribution is 0.0712. The number of carbonyl (C=O) groups is 1. The van der Waals surface area contributed by atoms with E-state index in [4.69, 9.17) is 5.73 Å². The molecule has 0 atom stereocenters. The van der Waals surface area contributed by atoms with Gasteiger partial charge in [-0.05, 0) is 19.4 Å². The first-order valence-corrected chi connectivity index (χ1v) is 8.02. The summed E-state index contributed by atoms with van der Waals surface area (Å²) in [5.74, 6) is 0.0615. The molecule has 1 aliphatic rings. The first kappa shape index (κ1) is 14.5. The number of nitrogens with zero attached hydrogens (tertiary/aromatic N) is 2. The van der Waals surface area contributed by atoms with Crippen LogP contribution in [0.1, 0.15) is 54.0 Å². The predicted octanol–water partition coefficient (Wildman–Crippen LogP) is 2.44. The molecule has 2 rings (SSSR count). The molecule has 19 heavy (non-hydrogen) atoms. The summed E-state index contributed by atoms with van der Waals surface area (Å²) >= 11 is 1.53. The summed E-state index contributed by atoms with van der Waals surface area (Å²) in [5.41, 5.74) is 6.09. The maximum Gasteiger partial charge on any atom is 0.273 e. The van der Waals surface area contributed by atoms with Crippen LogP contribution in [0, 0.1) is 0 Å². The molecule has 1 aromatic rings. The number of thiazole rings is 1. The van der Waals surface area contributed by atoms with Crippen LogP contribution in [0.25, 0.3) is 0 Å². The summed E-state index contributed by atoms with van der Waals surface area (Å²) < 4.78 is 0. The van der Waals surface area contributed by atoms with Crippen molar-refractivity contribution in [1.29, 1.82) is 0 Å². The molecule has 5 heteroatoms. The second-order valence-electron chi connectivity index (χ2n) is 5.23. The molecule has 1 saturated carbocycles. The van der Waals surface area contributed by atoms with Crippen molar-refractivity contribution in [3.05, 3.63) is 16.1 Å². The summed E-state index contributed by atoms with van der Waals surface area (Å²) in [6.07, 6.45) is 8.08. The molecular weight excluding hydrogens is 258 g/mol. The lowest BCUT2D eigenvalue weighted by Gasteiger charge is -2.26. The average molecular weight is 281 g/mol. The van der Waals surface area contributed by atoms with Crippen LogP contribution in [0.2, 0.25) is 0 Å². The summed E-state index contributed by atoms with van der Waals surface area (Å²) in [6.45, 7) is 0.583. The van der Waals surface area contributed by atoms with Crippen LogP contribution in [-0.2, 0) is 6.42 Å². The van der Waals surface area contributed by atoms with Gasteiger partial charge in [0, 0.05) is 24.9 Å². The Hall–Kier alpha value is -0.940. The number of carbonyl (C=O) groups excluding carboxylic acids is 1. The number of hydrogen-bond donors (Lipinski definition) is 1. The van der Waals surface area contributed by atoms with Gasteiger partial charge in [-0.3, -0.25) is 4.79 Å². The highest BCUT2D eigenvalue weighted by molar-refractivity contribution is 7.09. The van der Waals surface area contributed by atoms with Crippen LogP contribution in [0.5, 0.6) is 0 Å². The highest BCUT2D eigenvalue weighted by Gasteiger charge is 2.23. The van der Waals surface area contributed by atoms with Crippen molar-refractivity contribution in [3.8, 4) is 0 Å². The van der Waals surface area contributed by atoms with Gasteiger partial charge in [0.1, 0.15) is 5.69 Å². The molecule has 1 aliphatic carbocycles. The second kappa shape index (κ2) is 7.01. The van der Waals surface area contributed by atoms with Crippen molar-refractivity contribution in [1.82, 2.24) is 9.88 Å². The zero-order chi connectivity index (χ0) is 13.7. The first-order chi connectivity index (χ1) is 9.22. The van der Waals surface area contributed by atoms with Gasteiger partial charge >= 0.3 is 0 Å². The topological polar surface area (TPSA) is 59.2 Å². The van der Waals surface area contributed by atoms with E-state index in [1.165, 1.54) is 37.0 Å². The van der Waals surface area contributed by atoms with E-state index in [0.29, 0.717) is 18.3 Å². The number of hydrogen-bond acceptors (Lipinski definition) is 4. The molecule has 1 fully saturated rings. The van der Waals surface area contributed by atoms with Crippen LogP contribution in [0.4, 0.5) is 0 Å². The molecule has 1 heterocycles. The maximum atomic E-state index is 12.4. The maximum absolute atomic E-state index is 12.4. The van der Waals surface area contributed by atoms with Gasteiger partial charge in [-0.15, -0.1) is 11.3 Å². The fourth-order valence-corrected chi connectivity index (χ4v) is 3.43. The van der Waals surface area contributed by atoms with Crippen molar-refractivity contribution < 1.29 is 4.79 Å². The highest BCUT2D eigenvalue weighted by Crippen LogP contribution is 2.22. The van der Waals surface area contributed by atoms with Crippen LogP contribution in [0.15, 0.2) is 5.38 Å². The molecule has 106 valence electrons. The van der Waals surface area contributed by atoms with Crippen molar-refractivity contribution in [2.75, 3.05) is 13.6 Å². The molecule has 1 aromatic heterocycles. The lowest BCUT2D eigenvalue weighted by atomic mass is 10.1. The van der Waals surface area contributed by atoms with Crippen LogP contribution in [0.3, 0.4) is 0 Å². The Morgan fingerprint density at radius 2 is 2.11 bits per heavy atom. The van der Waals surface area contributed by atoms with Gasteiger partial charge in [0.15, 0.2) is 0 Å². The number of nitrogens with two attached hydrogens (primary N) is 1. The Morgan fingerprint density at radius 1 is 1.42 bits per heavy atom. The predicted molar refractivity (Wildman–Crippen MR) is 78.5 cm³/mol. The van der Waals surface area contributed by atoms with E-state index < -0.39 is 0 Å². The lowest BCUT2D eigenvalue weighted by Crippen LogP contribution is -2.36. The summed E-state index contributed by atoms with van der Waals surface area (Å²) in [6, 6.07) is 0.384. The largest absolute Gasteiger partial charge is 0.337 e. The fourth-order valence-electron chi connectivity index (χ4n) is 2.64. The quantitative estimate of drug-likeness (QED) is 0.862. The Morgan fingerprint density at radius 3 is 2.74 bits per heavy atom. The Balaban J connectivity index is 2.00. The molecule has 0 aliphatic heterocycles. The minimum atomic E-state index is 0.0615. The van der Waals surface area contributed by atoms with Gasteiger partial charge in [-0.1, -0.05) is 25.7 Å². The van der Waals surface area contributed by atoms with E-state index in [2.05, 4.69) is 4.98 Å². The van der Waals surface area contributed by atoms with Crippen molar-refractivity contribution >= 4 is 17.2 Å². The summed E-state index contributed by atoms with van der Waals surface area (Å²) in [7, 11) is 1.92. The second-order valence-corrected chi connectivity index (χ2v) is 6.17. The normalized spacial score (nSPS) is 17.2.